The van der Waals surface area contributed by atoms with Crippen molar-refractivity contribution in [1.29, 1.82) is 0 Å². The first-order valence-corrected chi connectivity index (χ1v) is 4.50. The second-order valence-electron chi connectivity index (χ2n) is 3.38. The largest absolute Gasteiger partial charge is 0.399 e. The minimum atomic E-state index is -0.274. The molecule has 0 fully saturated rings. The number of aryl methyl sites for hydroxylation is 1. The van der Waals surface area contributed by atoms with E-state index in [1.165, 1.54) is 0 Å². The highest BCUT2D eigenvalue weighted by Crippen LogP contribution is 2.22. The third-order valence-electron chi connectivity index (χ3n) is 2.29. The van der Waals surface area contributed by atoms with Gasteiger partial charge in [-0.1, -0.05) is 12.1 Å². The van der Waals surface area contributed by atoms with Gasteiger partial charge in [-0.05, 0) is 12.1 Å². The summed E-state index contributed by atoms with van der Waals surface area (Å²) in [5, 5.41) is 2.59. The summed E-state index contributed by atoms with van der Waals surface area (Å²) in [5.41, 5.74) is 13.4. The van der Waals surface area contributed by atoms with Crippen LogP contribution in [0.1, 0.15) is 0 Å². The fourth-order valence-corrected chi connectivity index (χ4v) is 1.55. The maximum atomic E-state index is 11.3. The minimum absolute atomic E-state index is 0.224. The molecule has 5 N–H and O–H groups in total. The molecule has 0 amide bonds. The van der Waals surface area contributed by atoms with Crippen molar-refractivity contribution in [2.24, 2.45) is 7.05 Å². The second-order valence-corrected chi connectivity index (χ2v) is 3.38. The van der Waals surface area contributed by atoms with Gasteiger partial charge in [0.25, 0.3) is 5.56 Å². The molecular weight excluding hydrogens is 192 g/mol. The molecule has 0 saturated carbocycles. The number of benzene rings is 1. The van der Waals surface area contributed by atoms with E-state index in [2.05, 4.69) is 5.10 Å². The number of nitrogens with zero attached hydrogens (tertiary/aromatic N) is 1. The summed E-state index contributed by atoms with van der Waals surface area (Å²) >= 11 is 0. The van der Waals surface area contributed by atoms with Gasteiger partial charge >= 0.3 is 0 Å². The lowest BCUT2D eigenvalue weighted by atomic mass is 10.1. The molecule has 0 aliphatic rings. The number of nitrogens with one attached hydrogen (secondary N) is 1. The molecule has 15 heavy (non-hydrogen) atoms. The molecule has 0 unspecified atom stereocenters. The summed E-state index contributed by atoms with van der Waals surface area (Å²) in [4.78, 5) is 11.3. The van der Waals surface area contributed by atoms with Crippen LogP contribution in [-0.2, 0) is 7.05 Å². The average molecular weight is 204 g/mol. The van der Waals surface area contributed by atoms with Gasteiger partial charge in [-0.15, -0.1) is 0 Å². The Bertz CT molecular complexity index is 536. The number of hydrogen-bond acceptors (Lipinski definition) is 3. The third-order valence-corrected chi connectivity index (χ3v) is 2.29. The zero-order chi connectivity index (χ0) is 11.0. The molecule has 2 rings (SSSR count). The van der Waals surface area contributed by atoms with E-state index in [-0.39, 0.29) is 11.2 Å². The molecule has 1 heterocycles. The summed E-state index contributed by atoms with van der Waals surface area (Å²) in [5.74, 6) is 0. The van der Waals surface area contributed by atoms with Crippen LogP contribution in [0.15, 0.2) is 29.1 Å². The Balaban J connectivity index is 2.63. The lowest BCUT2D eigenvalue weighted by Gasteiger charge is -2.03. The zero-order valence-electron chi connectivity index (χ0n) is 8.32. The topological polar surface area (TPSA) is 89.8 Å². The van der Waals surface area contributed by atoms with Gasteiger partial charge in [-0.25, -0.2) is 0 Å². The van der Waals surface area contributed by atoms with Gasteiger partial charge in [0, 0.05) is 18.3 Å². The summed E-state index contributed by atoms with van der Waals surface area (Å²) in [7, 11) is 1.74. The molecule has 0 aliphatic carbocycles. The molecule has 0 atom stereocenters. The van der Waals surface area contributed by atoms with Crippen LogP contribution in [0.2, 0.25) is 0 Å². The summed E-state index contributed by atoms with van der Waals surface area (Å²) in [6, 6.07) is 7.20. The van der Waals surface area contributed by atoms with Gasteiger partial charge in [0.05, 0.1) is 5.69 Å². The van der Waals surface area contributed by atoms with Gasteiger partial charge in [-0.2, -0.15) is 0 Å². The highest BCUT2D eigenvalue weighted by molar-refractivity contribution is 5.73. The van der Waals surface area contributed by atoms with Crippen molar-refractivity contribution in [2.75, 3.05) is 11.5 Å². The van der Waals surface area contributed by atoms with E-state index in [9.17, 15) is 4.79 Å². The van der Waals surface area contributed by atoms with Crippen molar-refractivity contribution in [2.45, 2.75) is 0 Å². The standard InChI is InChI=1S/C10H12N4O/c1-14-9(8(12)10(15)13-14)6-2-4-7(11)5-3-6/h2-5H,11-12H2,1H3,(H,13,15). The van der Waals surface area contributed by atoms with E-state index in [1.54, 1.807) is 23.9 Å². The maximum Gasteiger partial charge on any atom is 0.287 e. The Morgan fingerprint density at radius 3 is 2.27 bits per heavy atom. The fourth-order valence-electron chi connectivity index (χ4n) is 1.55. The Morgan fingerprint density at radius 1 is 1.20 bits per heavy atom. The zero-order valence-corrected chi connectivity index (χ0v) is 8.32. The number of nitrogens with two attached hydrogens (primary N) is 2. The number of aromatic amines is 1. The summed E-state index contributed by atoms with van der Waals surface area (Å²) < 4.78 is 1.60. The van der Waals surface area contributed by atoms with Crippen molar-refractivity contribution in [3.05, 3.63) is 34.6 Å². The fraction of sp³-hybridized carbons (Fsp3) is 0.100. The number of anilines is 2. The Morgan fingerprint density at radius 2 is 1.80 bits per heavy atom. The quantitative estimate of drug-likeness (QED) is 0.592. The molecule has 0 bridgehead atoms. The van der Waals surface area contributed by atoms with Gasteiger partial charge < -0.3 is 11.5 Å². The van der Waals surface area contributed by atoms with Crippen LogP contribution in [0.4, 0.5) is 11.4 Å². The Kier molecular flexibility index (Phi) is 2.00. The first-order valence-electron chi connectivity index (χ1n) is 4.50. The first kappa shape index (κ1) is 9.39. The van der Waals surface area contributed by atoms with Crippen LogP contribution in [0, 0.1) is 0 Å². The normalized spacial score (nSPS) is 10.5. The van der Waals surface area contributed by atoms with Crippen molar-refractivity contribution in [3.63, 3.8) is 0 Å². The molecule has 0 saturated heterocycles. The molecule has 1 aromatic heterocycles. The molecule has 0 aliphatic heterocycles. The Hall–Kier alpha value is -2.17. The van der Waals surface area contributed by atoms with Crippen LogP contribution in [0.25, 0.3) is 11.3 Å². The number of nitrogen functional groups attached to an aromatic ring is 2. The summed E-state index contributed by atoms with van der Waals surface area (Å²) in [6.07, 6.45) is 0. The van der Waals surface area contributed by atoms with Gasteiger partial charge in [0.15, 0.2) is 0 Å². The monoisotopic (exact) mass is 204 g/mol. The predicted molar refractivity (Wildman–Crippen MR) is 60.3 cm³/mol. The van der Waals surface area contributed by atoms with Gasteiger partial charge in [0.1, 0.15) is 5.69 Å². The van der Waals surface area contributed by atoms with Crippen LogP contribution < -0.4 is 17.0 Å². The average Bonchev–Trinajstić information content (AvgIpc) is 2.44. The van der Waals surface area contributed by atoms with E-state index >= 15 is 0 Å². The number of aromatic nitrogens is 2. The third kappa shape index (κ3) is 1.48. The van der Waals surface area contributed by atoms with E-state index < -0.39 is 0 Å². The number of hydrogen-bond donors (Lipinski definition) is 3. The van der Waals surface area contributed by atoms with Crippen molar-refractivity contribution in [1.82, 2.24) is 9.78 Å². The number of H-pyrrole nitrogens is 1. The smallest absolute Gasteiger partial charge is 0.287 e. The molecule has 78 valence electrons. The van der Waals surface area contributed by atoms with E-state index in [0.717, 1.165) is 5.56 Å². The molecular formula is C10H12N4O. The Labute approximate surface area is 86.3 Å². The SMILES string of the molecule is Cn1[nH]c(=O)c(N)c1-c1ccc(N)cc1. The lowest BCUT2D eigenvalue weighted by molar-refractivity contribution is 0.764. The molecule has 1 aromatic carbocycles. The molecule has 5 heteroatoms. The van der Waals surface area contributed by atoms with Crippen molar-refractivity contribution in [3.8, 4) is 11.3 Å². The summed E-state index contributed by atoms with van der Waals surface area (Å²) in [6.45, 7) is 0. The van der Waals surface area contributed by atoms with Crippen molar-refractivity contribution < 1.29 is 0 Å². The number of rotatable bonds is 1. The molecule has 0 spiro atoms. The second kappa shape index (κ2) is 3.20. The van der Waals surface area contributed by atoms with E-state index in [0.29, 0.717) is 11.4 Å². The van der Waals surface area contributed by atoms with Crippen LogP contribution >= 0.6 is 0 Å². The van der Waals surface area contributed by atoms with Crippen LogP contribution in [0.3, 0.4) is 0 Å². The maximum absolute atomic E-state index is 11.3. The van der Waals surface area contributed by atoms with Crippen LogP contribution in [0.5, 0.6) is 0 Å². The highest BCUT2D eigenvalue weighted by Gasteiger charge is 2.10. The van der Waals surface area contributed by atoms with Gasteiger partial charge in [0.2, 0.25) is 0 Å². The molecule has 5 nitrogen and oxygen atoms in total. The molecule has 2 aromatic rings. The van der Waals surface area contributed by atoms with Crippen molar-refractivity contribution >= 4 is 11.4 Å². The van der Waals surface area contributed by atoms with Gasteiger partial charge in [-0.3, -0.25) is 14.6 Å². The first-order chi connectivity index (χ1) is 7.09. The van der Waals surface area contributed by atoms with Crippen LogP contribution in [-0.4, -0.2) is 9.78 Å². The highest BCUT2D eigenvalue weighted by atomic mass is 16.1. The predicted octanol–water partition coefficient (Wildman–Crippen LogP) is 0.545. The minimum Gasteiger partial charge on any atom is -0.399 e. The lowest BCUT2D eigenvalue weighted by Crippen LogP contribution is -2.05. The van der Waals surface area contributed by atoms with E-state index in [1.807, 2.05) is 12.1 Å². The van der Waals surface area contributed by atoms with E-state index in [4.69, 9.17) is 11.5 Å². The molecule has 0 radical (unpaired) electrons.